The zero-order chi connectivity index (χ0) is 28.2. The molecule has 0 aliphatic heterocycles. The molecule has 0 saturated heterocycles. The molecule has 4 heteroatoms. The zero-order valence-corrected chi connectivity index (χ0v) is 22.3. The summed E-state index contributed by atoms with van der Waals surface area (Å²) in [5.74, 6) is 0. The fraction of sp³-hybridized carbons (Fsp3) is 0. The Labute approximate surface area is 240 Å². The Kier molecular flexibility index (Phi) is 5.22. The lowest BCUT2D eigenvalue weighted by Crippen LogP contribution is -1.93. The van der Waals surface area contributed by atoms with Crippen LogP contribution < -0.4 is 0 Å². The quantitative estimate of drug-likeness (QED) is 0.225. The van der Waals surface area contributed by atoms with Crippen molar-refractivity contribution in [3.8, 4) is 45.5 Å². The number of rotatable bonds is 3. The molecule has 4 nitrogen and oxygen atoms in total. The van der Waals surface area contributed by atoms with Gasteiger partial charge < -0.3 is 8.83 Å². The van der Waals surface area contributed by atoms with Gasteiger partial charge in [0.2, 0.25) is 0 Å². The fourth-order valence-electron chi connectivity index (χ4n) is 5.94. The van der Waals surface area contributed by atoms with Gasteiger partial charge in [0.15, 0.2) is 0 Å². The van der Waals surface area contributed by atoms with Gasteiger partial charge in [-0.3, -0.25) is 0 Å². The number of fused-ring (bicyclic) bond motifs is 6. The molecule has 0 N–H and O–H groups in total. The van der Waals surface area contributed by atoms with Crippen LogP contribution in [0.3, 0.4) is 0 Å². The van der Waals surface area contributed by atoms with Gasteiger partial charge in [0.05, 0.1) is 17.2 Å². The van der Waals surface area contributed by atoms with E-state index in [1.54, 1.807) is 6.07 Å². The summed E-state index contributed by atoms with van der Waals surface area (Å²) in [5, 5.41) is 24.3. The van der Waals surface area contributed by atoms with Crippen molar-refractivity contribution in [3.63, 3.8) is 0 Å². The molecule has 6 aromatic carbocycles. The second kappa shape index (κ2) is 9.24. The van der Waals surface area contributed by atoms with Crippen LogP contribution in [-0.4, -0.2) is 0 Å². The van der Waals surface area contributed by atoms with E-state index in [9.17, 15) is 10.5 Å². The first-order chi connectivity index (χ1) is 20.7. The van der Waals surface area contributed by atoms with E-state index in [0.717, 1.165) is 77.3 Å². The van der Waals surface area contributed by atoms with Crippen LogP contribution in [-0.2, 0) is 0 Å². The van der Waals surface area contributed by atoms with Crippen LogP contribution in [0.2, 0.25) is 0 Å². The largest absolute Gasteiger partial charge is 0.456 e. The minimum Gasteiger partial charge on any atom is -0.456 e. The van der Waals surface area contributed by atoms with Gasteiger partial charge in [-0.2, -0.15) is 10.5 Å². The third kappa shape index (κ3) is 3.68. The SMILES string of the molecule is N#Cc1cccc(-c2cc(-c3ccc4c(c3)oc3ccccc34)c(C#N)c(-c3ccc4c(c3)oc3ccccc34)c2)c1. The van der Waals surface area contributed by atoms with E-state index >= 15 is 0 Å². The fourth-order valence-corrected chi connectivity index (χ4v) is 5.94. The van der Waals surface area contributed by atoms with Crippen LogP contribution >= 0.6 is 0 Å². The van der Waals surface area contributed by atoms with E-state index in [1.807, 2.05) is 91.0 Å². The van der Waals surface area contributed by atoms with Crippen LogP contribution in [0.4, 0.5) is 0 Å². The summed E-state index contributed by atoms with van der Waals surface area (Å²) in [5.41, 5.74) is 9.46. The highest BCUT2D eigenvalue weighted by atomic mass is 16.3. The molecule has 0 bridgehead atoms. The summed E-state index contributed by atoms with van der Waals surface area (Å²) < 4.78 is 12.4. The van der Waals surface area contributed by atoms with E-state index in [4.69, 9.17) is 8.83 Å². The third-order valence-corrected chi connectivity index (χ3v) is 7.95. The molecule has 0 saturated carbocycles. The van der Waals surface area contributed by atoms with Crippen LogP contribution in [0.1, 0.15) is 11.1 Å². The number of hydrogen-bond donors (Lipinski definition) is 0. The number of hydrogen-bond acceptors (Lipinski definition) is 4. The van der Waals surface area contributed by atoms with Crippen molar-refractivity contribution in [2.75, 3.05) is 0 Å². The topological polar surface area (TPSA) is 73.9 Å². The molecule has 0 amide bonds. The van der Waals surface area contributed by atoms with Gasteiger partial charge in [-0.1, -0.05) is 60.7 Å². The molecule has 0 atom stereocenters. The van der Waals surface area contributed by atoms with E-state index < -0.39 is 0 Å². The monoisotopic (exact) mass is 536 g/mol. The summed E-state index contributed by atoms with van der Waals surface area (Å²) in [7, 11) is 0. The van der Waals surface area contributed by atoms with Gasteiger partial charge in [-0.25, -0.2) is 0 Å². The number of furan rings is 2. The molecule has 8 aromatic rings. The first-order valence-electron chi connectivity index (χ1n) is 13.6. The molecular formula is C38H20N2O2. The number of para-hydroxylation sites is 2. The lowest BCUT2D eigenvalue weighted by molar-refractivity contribution is 0.668. The Bertz CT molecular complexity index is 2310. The number of nitriles is 2. The van der Waals surface area contributed by atoms with E-state index in [2.05, 4.69) is 36.4 Å². The highest BCUT2D eigenvalue weighted by Crippen LogP contribution is 2.41. The average molecular weight is 537 g/mol. The van der Waals surface area contributed by atoms with Crippen molar-refractivity contribution in [2.24, 2.45) is 0 Å². The molecule has 0 spiro atoms. The molecule has 42 heavy (non-hydrogen) atoms. The summed E-state index contributed by atoms with van der Waals surface area (Å²) in [4.78, 5) is 0. The van der Waals surface area contributed by atoms with Gasteiger partial charge in [-0.05, 0) is 82.9 Å². The van der Waals surface area contributed by atoms with Crippen molar-refractivity contribution in [1.29, 1.82) is 10.5 Å². The maximum absolute atomic E-state index is 10.6. The summed E-state index contributed by atoms with van der Waals surface area (Å²) in [6.45, 7) is 0. The minimum absolute atomic E-state index is 0.557. The summed E-state index contributed by atoms with van der Waals surface area (Å²) in [6, 6.07) is 44.5. The zero-order valence-electron chi connectivity index (χ0n) is 22.3. The molecule has 0 unspecified atom stereocenters. The van der Waals surface area contributed by atoms with Gasteiger partial charge >= 0.3 is 0 Å². The number of nitrogens with zero attached hydrogens (tertiary/aromatic N) is 2. The van der Waals surface area contributed by atoms with Gasteiger partial charge in [0.1, 0.15) is 28.4 Å². The predicted molar refractivity (Wildman–Crippen MR) is 167 cm³/mol. The Balaban J connectivity index is 1.39. The highest BCUT2D eigenvalue weighted by molar-refractivity contribution is 6.07. The molecule has 2 heterocycles. The van der Waals surface area contributed by atoms with Crippen LogP contribution in [0.15, 0.2) is 130 Å². The standard InChI is InChI=1S/C38H20N2O2/c39-21-23-6-5-7-24(16-23)27-17-32(25-12-14-30-28-8-1-3-10-35(28)41-37(30)19-25)34(22-40)33(18-27)26-13-15-31-29-9-2-4-11-36(29)42-38(31)20-26/h1-20H. The van der Waals surface area contributed by atoms with Crippen molar-refractivity contribution in [3.05, 3.63) is 132 Å². The summed E-state index contributed by atoms with van der Waals surface area (Å²) >= 11 is 0. The first-order valence-corrected chi connectivity index (χ1v) is 13.6. The molecular weight excluding hydrogens is 516 g/mol. The maximum atomic E-state index is 10.6. The van der Waals surface area contributed by atoms with Crippen molar-refractivity contribution < 1.29 is 8.83 Å². The van der Waals surface area contributed by atoms with E-state index in [1.165, 1.54) is 0 Å². The van der Waals surface area contributed by atoms with E-state index in [0.29, 0.717) is 11.1 Å². The average Bonchev–Trinajstić information content (AvgIpc) is 3.61. The number of benzene rings is 6. The molecule has 2 aromatic heterocycles. The van der Waals surface area contributed by atoms with Crippen LogP contribution in [0, 0.1) is 22.7 Å². The summed E-state index contributed by atoms with van der Waals surface area (Å²) in [6.07, 6.45) is 0. The smallest absolute Gasteiger partial charge is 0.136 e. The van der Waals surface area contributed by atoms with Gasteiger partial charge in [-0.15, -0.1) is 0 Å². The minimum atomic E-state index is 0.557. The maximum Gasteiger partial charge on any atom is 0.136 e. The highest BCUT2D eigenvalue weighted by Gasteiger charge is 2.18. The molecule has 0 aliphatic rings. The first kappa shape index (κ1) is 23.8. The second-order valence-electron chi connectivity index (χ2n) is 10.4. The molecule has 8 rings (SSSR count). The van der Waals surface area contributed by atoms with Crippen LogP contribution in [0.5, 0.6) is 0 Å². The molecule has 0 fully saturated rings. The normalized spacial score (nSPS) is 11.3. The van der Waals surface area contributed by atoms with Crippen molar-refractivity contribution >= 4 is 43.9 Å². The molecule has 194 valence electrons. The Morgan fingerprint density at radius 3 is 1.50 bits per heavy atom. The van der Waals surface area contributed by atoms with E-state index in [-0.39, 0.29) is 0 Å². The second-order valence-corrected chi connectivity index (χ2v) is 10.4. The van der Waals surface area contributed by atoms with Gasteiger partial charge in [0.25, 0.3) is 0 Å². The molecule has 0 aliphatic carbocycles. The lowest BCUT2D eigenvalue weighted by Gasteiger charge is -2.14. The molecule has 0 radical (unpaired) electrons. The van der Waals surface area contributed by atoms with Crippen molar-refractivity contribution in [1.82, 2.24) is 0 Å². The van der Waals surface area contributed by atoms with Gasteiger partial charge in [0, 0.05) is 32.7 Å². The lowest BCUT2D eigenvalue weighted by atomic mass is 9.87. The third-order valence-electron chi connectivity index (χ3n) is 7.95. The van der Waals surface area contributed by atoms with Crippen molar-refractivity contribution in [2.45, 2.75) is 0 Å². The Morgan fingerprint density at radius 2 is 0.952 bits per heavy atom. The van der Waals surface area contributed by atoms with Crippen LogP contribution in [0.25, 0.3) is 77.3 Å². The Morgan fingerprint density at radius 1 is 0.405 bits per heavy atom. The predicted octanol–water partition coefficient (Wildman–Crippen LogP) is 10.2. The Hall–Kier alpha value is -6.10.